The first-order chi connectivity index (χ1) is 9.04. The van der Waals surface area contributed by atoms with Gasteiger partial charge in [0.1, 0.15) is 17.2 Å². The van der Waals surface area contributed by atoms with E-state index in [-0.39, 0.29) is 35.2 Å². The van der Waals surface area contributed by atoms with E-state index in [0.29, 0.717) is 5.56 Å². The van der Waals surface area contributed by atoms with E-state index in [9.17, 15) is 19.7 Å². The van der Waals surface area contributed by atoms with Gasteiger partial charge >= 0.3 is 0 Å². The molecule has 0 saturated heterocycles. The van der Waals surface area contributed by atoms with Crippen molar-refractivity contribution in [1.29, 1.82) is 0 Å². The summed E-state index contributed by atoms with van der Waals surface area (Å²) in [6.07, 6.45) is 0. The number of hydrogen-bond donors (Lipinski definition) is 5. The number of benzene rings is 2. The Kier molecular flexibility index (Phi) is 3.43. The molecule has 0 aliphatic rings. The van der Waals surface area contributed by atoms with E-state index in [1.165, 1.54) is 18.2 Å². The van der Waals surface area contributed by atoms with Crippen molar-refractivity contribution in [1.82, 2.24) is 0 Å². The van der Waals surface area contributed by atoms with E-state index in [1.807, 2.05) is 0 Å². The first kappa shape index (κ1) is 13.0. The lowest BCUT2D eigenvalue weighted by Crippen LogP contribution is -2.01. The summed E-state index contributed by atoms with van der Waals surface area (Å²) in [6.45, 7) is -0.346. The SMILES string of the molecule is Nc1ccc(O)c(Nc2c(O)cccc2CO)c1F. The number of halogens is 1. The van der Waals surface area contributed by atoms with Gasteiger partial charge in [0, 0.05) is 5.56 Å². The number of rotatable bonds is 3. The molecule has 0 amide bonds. The Morgan fingerprint density at radius 3 is 2.42 bits per heavy atom. The quantitative estimate of drug-likeness (QED) is 0.332. The summed E-state index contributed by atoms with van der Waals surface area (Å²) < 4.78 is 13.8. The number of aliphatic hydroxyl groups excluding tert-OH is 1. The standard InChI is InChI=1S/C13H13FN2O3/c14-11-8(15)4-5-10(19)13(11)16-12-7(6-17)2-1-3-9(12)18/h1-5,16-19H,6,15H2. The maximum absolute atomic E-state index is 13.8. The largest absolute Gasteiger partial charge is 0.506 e. The van der Waals surface area contributed by atoms with Crippen LogP contribution in [-0.4, -0.2) is 15.3 Å². The molecule has 19 heavy (non-hydrogen) atoms. The molecule has 0 unspecified atom stereocenters. The summed E-state index contributed by atoms with van der Waals surface area (Å²) in [5, 5.41) is 31.1. The van der Waals surface area contributed by atoms with Crippen LogP contribution in [0.3, 0.4) is 0 Å². The van der Waals surface area contributed by atoms with Gasteiger partial charge in [0.15, 0.2) is 5.82 Å². The van der Waals surface area contributed by atoms with Gasteiger partial charge in [-0.1, -0.05) is 12.1 Å². The van der Waals surface area contributed by atoms with Gasteiger partial charge < -0.3 is 26.4 Å². The molecule has 0 spiro atoms. The molecule has 6 N–H and O–H groups in total. The second-order valence-corrected chi connectivity index (χ2v) is 3.96. The third kappa shape index (κ3) is 2.38. The highest BCUT2D eigenvalue weighted by Gasteiger charge is 2.15. The third-order valence-electron chi connectivity index (χ3n) is 2.70. The monoisotopic (exact) mass is 264 g/mol. The molecule has 0 saturated carbocycles. The fraction of sp³-hybridized carbons (Fsp3) is 0.0769. The van der Waals surface area contributed by atoms with Gasteiger partial charge in [-0.25, -0.2) is 4.39 Å². The number of aromatic hydroxyl groups is 2. The highest BCUT2D eigenvalue weighted by Crippen LogP contribution is 2.37. The number of hydrogen-bond acceptors (Lipinski definition) is 5. The molecule has 0 bridgehead atoms. The third-order valence-corrected chi connectivity index (χ3v) is 2.70. The van der Waals surface area contributed by atoms with Crippen LogP contribution in [0.1, 0.15) is 5.56 Å². The second kappa shape index (κ2) is 5.03. The molecular weight excluding hydrogens is 251 g/mol. The zero-order valence-electron chi connectivity index (χ0n) is 9.89. The fourth-order valence-corrected chi connectivity index (χ4v) is 1.69. The average Bonchev–Trinajstić information content (AvgIpc) is 2.40. The lowest BCUT2D eigenvalue weighted by atomic mass is 10.1. The summed E-state index contributed by atoms with van der Waals surface area (Å²) >= 11 is 0. The molecule has 0 aliphatic heterocycles. The lowest BCUT2D eigenvalue weighted by Gasteiger charge is -2.14. The minimum Gasteiger partial charge on any atom is -0.506 e. The van der Waals surface area contributed by atoms with Gasteiger partial charge in [-0.3, -0.25) is 0 Å². The summed E-state index contributed by atoms with van der Waals surface area (Å²) in [5.41, 5.74) is 5.50. The molecule has 0 fully saturated rings. The first-order valence-electron chi connectivity index (χ1n) is 5.50. The van der Waals surface area contributed by atoms with E-state index in [2.05, 4.69) is 5.32 Å². The number of aliphatic hydroxyl groups is 1. The van der Waals surface area contributed by atoms with Crippen molar-refractivity contribution in [3.05, 3.63) is 41.7 Å². The van der Waals surface area contributed by atoms with Gasteiger partial charge in [0.2, 0.25) is 0 Å². The molecule has 0 heterocycles. The van der Waals surface area contributed by atoms with Crippen LogP contribution in [0, 0.1) is 5.82 Å². The van der Waals surface area contributed by atoms with Crippen LogP contribution in [0.15, 0.2) is 30.3 Å². The number of nitrogen functional groups attached to an aromatic ring is 1. The molecule has 2 aromatic carbocycles. The number of nitrogens with one attached hydrogen (secondary N) is 1. The van der Waals surface area contributed by atoms with Gasteiger partial charge in [-0.15, -0.1) is 0 Å². The summed E-state index contributed by atoms with van der Waals surface area (Å²) in [5.74, 6) is -1.35. The molecular formula is C13H13FN2O3. The van der Waals surface area contributed by atoms with Gasteiger partial charge in [0.05, 0.1) is 18.0 Å². The maximum Gasteiger partial charge on any atom is 0.173 e. The number of anilines is 3. The van der Waals surface area contributed by atoms with Crippen molar-refractivity contribution in [2.75, 3.05) is 11.1 Å². The molecule has 0 aromatic heterocycles. The fourth-order valence-electron chi connectivity index (χ4n) is 1.69. The molecule has 2 rings (SSSR count). The van der Waals surface area contributed by atoms with Crippen LogP contribution in [0.4, 0.5) is 21.5 Å². The van der Waals surface area contributed by atoms with Crippen molar-refractivity contribution in [3.8, 4) is 11.5 Å². The molecule has 0 aliphatic carbocycles. The van der Waals surface area contributed by atoms with E-state index >= 15 is 0 Å². The Balaban J connectivity index is 2.50. The zero-order chi connectivity index (χ0) is 14.0. The molecule has 2 aromatic rings. The van der Waals surface area contributed by atoms with E-state index < -0.39 is 5.82 Å². The van der Waals surface area contributed by atoms with E-state index in [1.54, 1.807) is 12.1 Å². The highest BCUT2D eigenvalue weighted by molar-refractivity contribution is 5.75. The first-order valence-corrected chi connectivity index (χ1v) is 5.50. The predicted octanol–water partition coefficient (Wildman–Crippen LogP) is 2.06. The second-order valence-electron chi connectivity index (χ2n) is 3.96. The number of phenolic OH excluding ortho intramolecular Hbond substituents is 2. The average molecular weight is 264 g/mol. The number of phenols is 2. The normalized spacial score (nSPS) is 10.4. The van der Waals surface area contributed by atoms with Crippen molar-refractivity contribution in [2.24, 2.45) is 0 Å². The Labute approximate surface area is 108 Å². The molecule has 100 valence electrons. The smallest absolute Gasteiger partial charge is 0.173 e. The van der Waals surface area contributed by atoms with Crippen molar-refractivity contribution < 1.29 is 19.7 Å². The zero-order valence-corrected chi connectivity index (χ0v) is 9.89. The van der Waals surface area contributed by atoms with Crippen LogP contribution in [-0.2, 0) is 6.61 Å². The van der Waals surface area contributed by atoms with Crippen LogP contribution < -0.4 is 11.1 Å². The van der Waals surface area contributed by atoms with E-state index in [0.717, 1.165) is 0 Å². The van der Waals surface area contributed by atoms with Crippen LogP contribution in [0.2, 0.25) is 0 Å². The number of nitrogens with two attached hydrogens (primary N) is 1. The lowest BCUT2D eigenvalue weighted by molar-refractivity contribution is 0.282. The summed E-state index contributed by atoms with van der Waals surface area (Å²) in [7, 11) is 0. The summed E-state index contributed by atoms with van der Waals surface area (Å²) in [6, 6.07) is 6.95. The number of para-hydroxylation sites is 1. The molecule has 6 heteroatoms. The Morgan fingerprint density at radius 2 is 1.74 bits per heavy atom. The molecule has 5 nitrogen and oxygen atoms in total. The minimum atomic E-state index is -0.827. The van der Waals surface area contributed by atoms with Crippen molar-refractivity contribution in [3.63, 3.8) is 0 Å². The Bertz CT molecular complexity index is 617. The Hall–Kier alpha value is -2.47. The van der Waals surface area contributed by atoms with Crippen molar-refractivity contribution in [2.45, 2.75) is 6.61 Å². The van der Waals surface area contributed by atoms with Gasteiger partial charge in [-0.05, 0) is 18.2 Å². The van der Waals surface area contributed by atoms with Crippen molar-refractivity contribution >= 4 is 17.1 Å². The van der Waals surface area contributed by atoms with Crippen LogP contribution in [0.5, 0.6) is 11.5 Å². The predicted molar refractivity (Wildman–Crippen MR) is 69.8 cm³/mol. The maximum atomic E-state index is 13.8. The highest BCUT2D eigenvalue weighted by atomic mass is 19.1. The Morgan fingerprint density at radius 1 is 1.05 bits per heavy atom. The minimum absolute atomic E-state index is 0.116. The summed E-state index contributed by atoms with van der Waals surface area (Å²) in [4.78, 5) is 0. The topological polar surface area (TPSA) is 98.7 Å². The van der Waals surface area contributed by atoms with Gasteiger partial charge in [0.25, 0.3) is 0 Å². The molecule has 0 atom stereocenters. The molecule has 0 radical (unpaired) electrons. The van der Waals surface area contributed by atoms with Gasteiger partial charge in [-0.2, -0.15) is 0 Å². The van der Waals surface area contributed by atoms with Crippen LogP contribution in [0.25, 0.3) is 0 Å². The van der Waals surface area contributed by atoms with E-state index in [4.69, 9.17) is 5.73 Å². The van der Waals surface area contributed by atoms with Crippen LogP contribution >= 0.6 is 0 Å².